The Morgan fingerprint density at radius 3 is 2.76 bits per heavy atom. The van der Waals surface area contributed by atoms with Gasteiger partial charge in [-0.3, -0.25) is 9.48 Å². The number of halogens is 1. The van der Waals surface area contributed by atoms with Gasteiger partial charge in [-0.25, -0.2) is 0 Å². The highest BCUT2D eigenvalue weighted by Crippen LogP contribution is 2.28. The third-order valence-corrected chi connectivity index (χ3v) is 4.90. The van der Waals surface area contributed by atoms with Gasteiger partial charge in [0.05, 0.1) is 5.69 Å². The van der Waals surface area contributed by atoms with Crippen LogP contribution in [-0.2, 0) is 31.1 Å². The average molecular weight is 303 g/mol. The van der Waals surface area contributed by atoms with Crippen LogP contribution in [0.2, 0.25) is 5.15 Å². The van der Waals surface area contributed by atoms with Crippen molar-refractivity contribution in [1.29, 1.82) is 0 Å². The molecule has 0 fully saturated rings. The summed E-state index contributed by atoms with van der Waals surface area (Å²) < 4.78 is 1.63. The van der Waals surface area contributed by atoms with Gasteiger partial charge in [0, 0.05) is 24.9 Å². The minimum atomic E-state index is 0.107. The van der Waals surface area contributed by atoms with E-state index in [4.69, 9.17) is 11.6 Å². The predicted molar refractivity (Wildman–Crippen MR) is 83.6 cm³/mol. The Hall–Kier alpha value is -1.61. The Labute approximate surface area is 129 Å². The fourth-order valence-electron chi connectivity index (χ4n) is 3.17. The summed E-state index contributed by atoms with van der Waals surface area (Å²) in [6.45, 7) is 1.91. The van der Waals surface area contributed by atoms with E-state index in [-0.39, 0.29) is 11.7 Å². The monoisotopic (exact) mass is 302 g/mol. The van der Waals surface area contributed by atoms with Crippen LogP contribution in [0.1, 0.15) is 28.8 Å². The molecule has 1 aromatic carbocycles. The van der Waals surface area contributed by atoms with Crippen molar-refractivity contribution in [3.63, 3.8) is 0 Å². The standard InChI is InChI=1S/C17H19ClN2O/c1-11-15(17(18)20(2)19-11)10-16(21)14-8-7-12-5-3-4-6-13(12)9-14/h3-6,14H,7-10H2,1-2H3. The van der Waals surface area contributed by atoms with Crippen LogP contribution in [-0.4, -0.2) is 15.6 Å². The molecule has 4 heteroatoms. The minimum Gasteiger partial charge on any atom is -0.299 e. The Morgan fingerprint density at radius 1 is 1.38 bits per heavy atom. The lowest BCUT2D eigenvalue weighted by atomic mass is 9.80. The third-order valence-electron chi connectivity index (χ3n) is 4.42. The highest BCUT2D eigenvalue weighted by Gasteiger charge is 2.26. The molecule has 110 valence electrons. The van der Waals surface area contributed by atoms with Crippen molar-refractivity contribution >= 4 is 17.4 Å². The molecule has 0 saturated heterocycles. The van der Waals surface area contributed by atoms with Crippen molar-refractivity contribution in [2.24, 2.45) is 13.0 Å². The van der Waals surface area contributed by atoms with Gasteiger partial charge >= 0.3 is 0 Å². The highest BCUT2D eigenvalue weighted by atomic mass is 35.5. The first-order valence-corrected chi connectivity index (χ1v) is 7.71. The van der Waals surface area contributed by atoms with Crippen LogP contribution in [0.15, 0.2) is 24.3 Å². The van der Waals surface area contributed by atoms with E-state index in [1.807, 2.05) is 13.0 Å². The van der Waals surface area contributed by atoms with Gasteiger partial charge in [-0.15, -0.1) is 0 Å². The fraction of sp³-hybridized carbons (Fsp3) is 0.412. The summed E-state index contributed by atoms with van der Waals surface area (Å²) in [6.07, 6.45) is 3.18. The van der Waals surface area contributed by atoms with Crippen LogP contribution < -0.4 is 0 Å². The maximum absolute atomic E-state index is 12.6. The SMILES string of the molecule is Cc1nn(C)c(Cl)c1CC(=O)C1CCc2ccccc2C1. The first-order chi connectivity index (χ1) is 10.1. The molecule has 3 rings (SSSR count). The largest absolute Gasteiger partial charge is 0.299 e. The van der Waals surface area contributed by atoms with Gasteiger partial charge in [0.15, 0.2) is 0 Å². The lowest BCUT2D eigenvalue weighted by Gasteiger charge is -2.23. The van der Waals surface area contributed by atoms with Gasteiger partial charge in [0.2, 0.25) is 0 Å². The van der Waals surface area contributed by atoms with Gasteiger partial charge in [0.1, 0.15) is 10.9 Å². The van der Waals surface area contributed by atoms with Crippen molar-refractivity contribution in [3.8, 4) is 0 Å². The number of ketones is 1. The number of hydrogen-bond acceptors (Lipinski definition) is 2. The van der Waals surface area contributed by atoms with E-state index in [1.54, 1.807) is 11.7 Å². The Kier molecular flexibility index (Phi) is 3.85. The number of Topliss-reactive ketones (excluding diaryl/α,β-unsaturated/α-hetero) is 1. The number of rotatable bonds is 3. The molecule has 1 aliphatic carbocycles. The zero-order valence-electron chi connectivity index (χ0n) is 12.4. The molecule has 0 radical (unpaired) electrons. The van der Waals surface area contributed by atoms with E-state index >= 15 is 0 Å². The van der Waals surface area contributed by atoms with E-state index in [1.165, 1.54) is 11.1 Å². The lowest BCUT2D eigenvalue weighted by molar-refractivity contribution is -0.122. The van der Waals surface area contributed by atoms with Crippen LogP contribution in [0.25, 0.3) is 0 Å². The van der Waals surface area contributed by atoms with Gasteiger partial charge in [-0.2, -0.15) is 5.10 Å². The first-order valence-electron chi connectivity index (χ1n) is 7.33. The molecule has 0 amide bonds. The first kappa shape index (κ1) is 14.3. The maximum atomic E-state index is 12.6. The van der Waals surface area contributed by atoms with E-state index in [2.05, 4.69) is 23.3 Å². The summed E-state index contributed by atoms with van der Waals surface area (Å²) in [5.41, 5.74) is 4.43. The summed E-state index contributed by atoms with van der Waals surface area (Å²) in [6, 6.07) is 8.42. The summed E-state index contributed by atoms with van der Waals surface area (Å²) in [5.74, 6) is 0.387. The van der Waals surface area contributed by atoms with Crippen molar-refractivity contribution < 1.29 is 4.79 Å². The van der Waals surface area contributed by atoms with Crippen molar-refractivity contribution in [1.82, 2.24) is 9.78 Å². The number of carbonyl (C=O) groups excluding carboxylic acids is 1. The summed E-state index contributed by atoms with van der Waals surface area (Å²) in [7, 11) is 1.81. The van der Waals surface area contributed by atoms with E-state index in [0.717, 1.165) is 30.5 Å². The van der Waals surface area contributed by atoms with Crippen molar-refractivity contribution in [2.75, 3.05) is 0 Å². The molecule has 0 N–H and O–H groups in total. The number of nitrogens with zero attached hydrogens (tertiary/aromatic N) is 2. The second kappa shape index (κ2) is 5.64. The van der Waals surface area contributed by atoms with Crippen LogP contribution >= 0.6 is 11.6 Å². The second-order valence-corrected chi connectivity index (χ2v) is 6.19. The molecule has 21 heavy (non-hydrogen) atoms. The number of aryl methyl sites for hydroxylation is 3. The van der Waals surface area contributed by atoms with Gasteiger partial charge in [-0.05, 0) is 37.3 Å². The van der Waals surface area contributed by atoms with E-state index in [0.29, 0.717) is 11.6 Å². The van der Waals surface area contributed by atoms with Gasteiger partial charge in [-0.1, -0.05) is 35.9 Å². The predicted octanol–water partition coefficient (Wildman–Crippen LogP) is 3.30. The number of fused-ring (bicyclic) bond motifs is 1. The Balaban J connectivity index is 1.75. The fourth-order valence-corrected chi connectivity index (χ4v) is 3.41. The molecule has 0 aliphatic heterocycles. The molecular weight excluding hydrogens is 284 g/mol. The normalized spacial score (nSPS) is 17.6. The molecule has 1 atom stereocenters. The van der Waals surface area contributed by atoms with Crippen LogP contribution in [0, 0.1) is 12.8 Å². The lowest BCUT2D eigenvalue weighted by Crippen LogP contribution is -2.24. The van der Waals surface area contributed by atoms with Gasteiger partial charge in [0.25, 0.3) is 0 Å². The molecule has 3 nitrogen and oxygen atoms in total. The van der Waals surface area contributed by atoms with Crippen LogP contribution in [0.3, 0.4) is 0 Å². The van der Waals surface area contributed by atoms with Gasteiger partial charge < -0.3 is 0 Å². The maximum Gasteiger partial charge on any atom is 0.140 e. The number of hydrogen-bond donors (Lipinski definition) is 0. The zero-order valence-corrected chi connectivity index (χ0v) is 13.2. The second-order valence-electron chi connectivity index (χ2n) is 5.83. The summed E-state index contributed by atoms with van der Waals surface area (Å²) in [5, 5.41) is 4.86. The topological polar surface area (TPSA) is 34.9 Å². The average Bonchev–Trinajstić information content (AvgIpc) is 2.73. The number of carbonyl (C=O) groups is 1. The van der Waals surface area contributed by atoms with Crippen LogP contribution in [0.4, 0.5) is 0 Å². The molecule has 1 unspecified atom stereocenters. The molecule has 0 saturated carbocycles. The third kappa shape index (κ3) is 2.75. The molecule has 0 bridgehead atoms. The smallest absolute Gasteiger partial charge is 0.140 e. The Bertz CT molecular complexity index is 690. The molecule has 1 aromatic heterocycles. The van der Waals surface area contributed by atoms with E-state index in [9.17, 15) is 4.79 Å². The Morgan fingerprint density at radius 2 is 2.10 bits per heavy atom. The quantitative estimate of drug-likeness (QED) is 0.872. The summed E-state index contributed by atoms with van der Waals surface area (Å²) in [4.78, 5) is 12.6. The molecule has 1 heterocycles. The van der Waals surface area contributed by atoms with Crippen molar-refractivity contribution in [3.05, 3.63) is 51.8 Å². The molecule has 2 aromatic rings. The molecule has 1 aliphatic rings. The molecular formula is C17H19ClN2O. The summed E-state index contributed by atoms with van der Waals surface area (Å²) >= 11 is 6.23. The van der Waals surface area contributed by atoms with E-state index < -0.39 is 0 Å². The minimum absolute atomic E-state index is 0.107. The van der Waals surface area contributed by atoms with Crippen LogP contribution in [0.5, 0.6) is 0 Å². The number of aromatic nitrogens is 2. The zero-order chi connectivity index (χ0) is 15.0. The molecule has 0 spiro atoms. The highest BCUT2D eigenvalue weighted by molar-refractivity contribution is 6.30. The van der Waals surface area contributed by atoms with Crippen molar-refractivity contribution in [2.45, 2.75) is 32.6 Å². The number of benzene rings is 1.